The summed E-state index contributed by atoms with van der Waals surface area (Å²) in [6.07, 6.45) is 0. The number of benzene rings is 12. The zero-order valence-electron chi connectivity index (χ0n) is 43.4. The molecule has 368 valence electrons. The fourth-order valence-corrected chi connectivity index (χ4v) is 14.2. The second-order valence-corrected chi connectivity index (χ2v) is 21.9. The lowest BCUT2D eigenvalue weighted by Crippen LogP contribution is -2.26. The molecular formula is C75H52N2S. The first kappa shape index (κ1) is 45.8. The molecule has 2 nitrogen and oxygen atoms in total. The molecule has 3 heteroatoms. The predicted octanol–water partition coefficient (Wildman–Crippen LogP) is 21.0. The molecule has 12 aromatic carbocycles. The van der Waals surface area contributed by atoms with Crippen molar-refractivity contribution >= 4 is 65.6 Å². The third kappa shape index (κ3) is 7.16. The third-order valence-corrected chi connectivity index (χ3v) is 17.7. The van der Waals surface area contributed by atoms with Gasteiger partial charge in [-0.05, 0) is 188 Å². The van der Waals surface area contributed by atoms with Crippen LogP contribution in [0.25, 0.3) is 75.8 Å². The summed E-state index contributed by atoms with van der Waals surface area (Å²) in [5.74, 6) is 0. The van der Waals surface area contributed by atoms with E-state index in [2.05, 4.69) is 303 Å². The fraction of sp³-hybridized carbons (Fsp3) is 0.0400. The minimum atomic E-state index is -0.660. The van der Waals surface area contributed by atoms with Crippen LogP contribution in [0.2, 0.25) is 0 Å². The summed E-state index contributed by atoms with van der Waals surface area (Å²) in [6, 6.07) is 104. The molecule has 0 saturated carbocycles. The molecule has 1 aromatic heterocycles. The van der Waals surface area contributed by atoms with Gasteiger partial charge < -0.3 is 9.80 Å². The van der Waals surface area contributed by atoms with E-state index in [0.29, 0.717) is 0 Å². The van der Waals surface area contributed by atoms with Crippen molar-refractivity contribution in [3.05, 3.63) is 312 Å². The Hall–Kier alpha value is -9.54. The van der Waals surface area contributed by atoms with Crippen molar-refractivity contribution in [3.8, 4) is 55.6 Å². The first-order valence-corrected chi connectivity index (χ1v) is 27.8. The predicted molar refractivity (Wildman–Crippen MR) is 331 cm³/mol. The van der Waals surface area contributed by atoms with E-state index in [1.807, 2.05) is 11.3 Å². The van der Waals surface area contributed by atoms with Crippen molar-refractivity contribution in [2.24, 2.45) is 0 Å². The van der Waals surface area contributed by atoms with E-state index < -0.39 is 5.41 Å². The molecule has 0 fully saturated rings. The van der Waals surface area contributed by atoms with Gasteiger partial charge in [0.1, 0.15) is 0 Å². The summed E-state index contributed by atoms with van der Waals surface area (Å²) in [6.45, 7) is 4.46. The Morgan fingerprint density at radius 1 is 0.282 bits per heavy atom. The minimum Gasteiger partial charge on any atom is -0.310 e. The molecule has 1 heterocycles. The summed E-state index contributed by atoms with van der Waals surface area (Å²) >= 11 is 1.89. The minimum absolute atomic E-state index is 0.660. The summed E-state index contributed by atoms with van der Waals surface area (Å²) < 4.78 is 2.61. The first-order chi connectivity index (χ1) is 38.5. The van der Waals surface area contributed by atoms with Crippen molar-refractivity contribution < 1.29 is 0 Å². The molecule has 0 radical (unpaired) electrons. The average Bonchev–Trinajstić information content (AvgIpc) is 4.14. The summed E-state index contributed by atoms with van der Waals surface area (Å²) in [5.41, 5.74) is 26.1. The highest BCUT2D eigenvalue weighted by Gasteiger charge is 2.53. The second-order valence-electron chi connectivity index (χ2n) is 20.9. The van der Waals surface area contributed by atoms with Crippen LogP contribution in [-0.4, -0.2) is 0 Å². The second kappa shape index (κ2) is 18.3. The van der Waals surface area contributed by atoms with Crippen LogP contribution in [0.4, 0.5) is 34.1 Å². The Morgan fingerprint density at radius 3 is 1.37 bits per heavy atom. The third-order valence-electron chi connectivity index (χ3n) is 16.6. The van der Waals surface area contributed by atoms with Gasteiger partial charge in [-0.2, -0.15) is 0 Å². The van der Waals surface area contributed by atoms with Gasteiger partial charge in [-0.25, -0.2) is 0 Å². The monoisotopic (exact) mass is 1010 g/mol. The molecular weight excluding hydrogens is 961 g/mol. The maximum Gasteiger partial charge on any atom is 0.0727 e. The Morgan fingerprint density at radius 2 is 0.731 bits per heavy atom. The molecule has 1 atom stereocenters. The number of nitrogens with zero attached hydrogens (tertiary/aromatic N) is 2. The summed E-state index contributed by atoms with van der Waals surface area (Å²) in [4.78, 5) is 4.91. The Bertz CT molecular complexity index is 4440. The van der Waals surface area contributed by atoms with Gasteiger partial charge in [-0.15, -0.1) is 11.3 Å². The molecule has 0 N–H and O–H groups in total. The van der Waals surface area contributed by atoms with E-state index in [4.69, 9.17) is 0 Å². The highest BCUT2D eigenvalue weighted by molar-refractivity contribution is 7.26. The molecule has 13 aromatic rings. The highest BCUT2D eigenvalue weighted by atomic mass is 32.1. The molecule has 0 bridgehead atoms. The van der Waals surface area contributed by atoms with Gasteiger partial charge in [0.2, 0.25) is 0 Å². The number of aryl methyl sites for hydroxylation is 2. The van der Waals surface area contributed by atoms with Crippen molar-refractivity contribution in [3.63, 3.8) is 0 Å². The lowest BCUT2D eigenvalue weighted by Gasteiger charge is -2.33. The van der Waals surface area contributed by atoms with Crippen LogP contribution < -0.4 is 9.80 Å². The Labute approximate surface area is 460 Å². The van der Waals surface area contributed by atoms with Gasteiger partial charge in [0.15, 0.2) is 0 Å². The van der Waals surface area contributed by atoms with E-state index >= 15 is 0 Å². The first-order valence-electron chi connectivity index (χ1n) is 27.0. The molecule has 0 amide bonds. The molecule has 1 unspecified atom stereocenters. The largest absolute Gasteiger partial charge is 0.310 e. The Balaban J connectivity index is 0.983. The lowest BCUT2D eigenvalue weighted by atomic mass is 9.70. The number of anilines is 6. The van der Waals surface area contributed by atoms with E-state index in [9.17, 15) is 0 Å². The van der Waals surface area contributed by atoms with Crippen LogP contribution in [0.15, 0.2) is 279 Å². The fourth-order valence-electron chi connectivity index (χ4n) is 13.0. The standard InChI is InChI=1S/C75H52N2S/c1-49-18-12-13-25-61(49)62-41-38-58(46-50(62)2)77(57-36-32-54(33-37-57)52-21-8-4-9-22-52)60-40-43-65-70(48-60)75(68-44-45-72-74(73(65)68)66-27-15-17-29-71(66)78-72)67-28-16-14-26-63(67)64-42-39-59(47-69(64)75)76(55-23-10-5-11-24-55)56-34-30-53(31-35-56)51-19-6-3-7-20-51/h3-48H,1-2H3. The van der Waals surface area contributed by atoms with E-state index in [0.717, 1.165) is 34.1 Å². The number of fused-ring (bicyclic) bond motifs is 14. The average molecular weight is 1010 g/mol. The van der Waals surface area contributed by atoms with Gasteiger partial charge in [0.05, 0.1) is 5.41 Å². The number of rotatable bonds is 9. The van der Waals surface area contributed by atoms with E-state index in [1.54, 1.807) is 0 Å². The van der Waals surface area contributed by atoms with Crippen molar-refractivity contribution in [1.82, 2.24) is 0 Å². The molecule has 78 heavy (non-hydrogen) atoms. The maximum absolute atomic E-state index is 2.54. The number of para-hydroxylation sites is 1. The molecule has 0 saturated heterocycles. The zero-order chi connectivity index (χ0) is 51.9. The topological polar surface area (TPSA) is 6.48 Å². The SMILES string of the molecule is Cc1ccccc1-c1ccc(N(c2ccc(-c3ccccc3)cc2)c2ccc3c(c2)C2(c4ccccc4-c4ccc(N(c5ccccc5)c5ccc(-c6ccccc6)cc5)cc42)c2ccc4sc5ccccc5c4c2-3)cc1C. The van der Waals surface area contributed by atoms with Crippen LogP contribution in [0.1, 0.15) is 33.4 Å². The highest BCUT2D eigenvalue weighted by Crippen LogP contribution is 2.66. The van der Waals surface area contributed by atoms with E-state index in [-0.39, 0.29) is 0 Å². The van der Waals surface area contributed by atoms with Gasteiger partial charge in [-0.1, -0.05) is 194 Å². The molecule has 15 rings (SSSR count). The van der Waals surface area contributed by atoms with Crippen LogP contribution in [-0.2, 0) is 5.41 Å². The van der Waals surface area contributed by atoms with E-state index in [1.165, 1.54) is 109 Å². The summed E-state index contributed by atoms with van der Waals surface area (Å²) in [5, 5.41) is 2.64. The number of thiophene rings is 1. The molecule has 2 aliphatic carbocycles. The van der Waals surface area contributed by atoms with Gasteiger partial charge in [0, 0.05) is 54.3 Å². The molecule has 2 aliphatic rings. The quantitative estimate of drug-likeness (QED) is 0.142. The lowest BCUT2D eigenvalue weighted by molar-refractivity contribution is 0.794. The van der Waals surface area contributed by atoms with Gasteiger partial charge in [-0.3, -0.25) is 0 Å². The van der Waals surface area contributed by atoms with Crippen LogP contribution in [0, 0.1) is 13.8 Å². The maximum atomic E-state index is 2.54. The molecule has 1 spiro atoms. The van der Waals surface area contributed by atoms with Gasteiger partial charge in [0.25, 0.3) is 0 Å². The zero-order valence-corrected chi connectivity index (χ0v) is 44.2. The number of hydrogen-bond donors (Lipinski definition) is 0. The van der Waals surface area contributed by atoms with Crippen LogP contribution in [0.5, 0.6) is 0 Å². The number of hydrogen-bond acceptors (Lipinski definition) is 3. The van der Waals surface area contributed by atoms with Gasteiger partial charge >= 0.3 is 0 Å². The molecule has 0 aliphatic heterocycles. The van der Waals surface area contributed by atoms with Crippen molar-refractivity contribution in [2.75, 3.05) is 9.80 Å². The smallest absolute Gasteiger partial charge is 0.0727 e. The normalized spacial score (nSPS) is 13.8. The van der Waals surface area contributed by atoms with Crippen LogP contribution >= 0.6 is 11.3 Å². The summed E-state index contributed by atoms with van der Waals surface area (Å²) in [7, 11) is 0. The van der Waals surface area contributed by atoms with Crippen molar-refractivity contribution in [2.45, 2.75) is 19.3 Å². The van der Waals surface area contributed by atoms with Crippen molar-refractivity contribution in [1.29, 1.82) is 0 Å². The Kier molecular flexibility index (Phi) is 10.8. The van der Waals surface area contributed by atoms with Crippen LogP contribution in [0.3, 0.4) is 0 Å².